The third-order valence-electron chi connectivity index (χ3n) is 18.9. The van der Waals surface area contributed by atoms with Crippen molar-refractivity contribution in [2.75, 3.05) is 41.7 Å². The Morgan fingerprint density at radius 1 is 0.420 bits per heavy atom. The molecule has 0 radical (unpaired) electrons. The molecule has 0 bridgehead atoms. The summed E-state index contributed by atoms with van der Waals surface area (Å²) in [6, 6.07) is 59.7. The van der Waals surface area contributed by atoms with Gasteiger partial charge in [0.2, 0.25) is 23.9 Å². The number of nitrogens with zero attached hydrogens (tertiary/aromatic N) is 15. The summed E-state index contributed by atoms with van der Waals surface area (Å²) < 4.78 is 30.1. The maximum atomic E-state index is 14.3. The van der Waals surface area contributed by atoms with Crippen molar-refractivity contribution in [1.29, 1.82) is 0 Å². The second-order valence-electron chi connectivity index (χ2n) is 26.6. The van der Waals surface area contributed by atoms with Crippen molar-refractivity contribution in [2.24, 2.45) is 0 Å². The van der Waals surface area contributed by atoms with Crippen LogP contribution in [-0.4, -0.2) is 74.5 Å². The van der Waals surface area contributed by atoms with Crippen LogP contribution in [0.25, 0.3) is 97.3 Å². The monoisotopic (exact) mass is 1480 g/mol. The number of halogens is 1. The highest BCUT2D eigenvalue weighted by molar-refractivity contribution is 5.99. The van der Waals surface area contributed by atoms with Gasteiger partial charge in [-0.2, -0.15) is 0 Å². The molecule has 1 aliphatic rings. The average molecular weight is 1480 g/mol. The zero-order valence-electron chi connectivity index (χ0n) is 62.1. The lowest BCUT2D eigenvalue weighted by molar-refractivity contribution is 0.174. The second-order valence-corrected chi connectivity index (χ2v) is 26.6. The van der Waals surface area contributed by atoms with Gasteiger partial charge in [-0.05, 0) is 159 Å². The number of benzene rings is 7. The van der Waals surface area contributed by atoms with E-state index in [1.54, 1.807) is 59.1 Å². The van der Waals surface area contributed by atoms with Gasteiger partial charge < -0.3 is 30.3 Å². The normalized spacial score (nSPS) is 12.1. The number of fused-ring (bicyclic) bond motifs is 4. The largest absolute Gasteiger partial charge is 0.454 e. The summed E-state index contributed by atoms with van der Waals surface area (Å²) >= 11 is 0. The molecule has 0 saturated carbocycles. The SMILES string of the molecule is [C-]#[N+]c1cnc(C)nc1N[C@@H](C)c1cc2cccc(-c3ccc4c(c3)OCO4)c2c(=O)n1-c1ccccc1.[C-]#[N+]c1cnc(C)nc1N[C@@H](C)c1cc2cccc(-c3cncc(F)c3)c2c(=O)n1-c1ccccc1.[C-]#[N+]c1cnc(C)nc1N[C@@H](C)c1cc2cccc(-c3cncc(N(C)C)c3)c2c(=O)n1-c1ccccc1. The van der Waals surface area contributed by atoms with Crippen LogP contribution in [0.4, 0.5) is 44.6 Å². The van der Waals surface area contributed by atoms with E-state index >= 15 is 0 Å². The molecule has 3 N–H and O–H groups in total. The van der Waals surface area contributed by atoms with Gasteiger partial charge in [-0.1, -0.05) is 115 Å². The van der Waals surface area contributed by atoms with E-state index < -0.39 is 11.9 Å². The zero-order valence-corrected chi connectivity index (χ0v) is 62.1. The van der Waals surface area contributed by atoms with E-state index in [0.29, 0.717) is 108 Å². The molecule has 1 aliphatic heterocycles. The van der Waals surface area contributed by atoms with Crippen molar-refractivity contribution in [2.45, 2.75) is 59.7 Å². The summed E-state index contributed by atoms with van der Waals surface area (Å²) in [6.45, 7) is 33.8. The molecular weight excluding hydrogens is 1410 g/mol. The molecule has 15 aromatic rings. The molecule has 23 nitrogen and oxygen atoms in total. The number of pyridine rings is 5. The Bertz CT molecular complexity index is 6460. The van der Waals surface area contributed by atoms with Crippen molar-refractivity contribution < 1.29 is 13.9 Å². The van der Waals surface area contributed by atoms with E-state index in [-0.39, 0.29) is 35.6 Å². The Hall–Kier alpha value is -15.1. The van der Waals surface area contributed by atoms with Crippen molar-refractivity contribution in [3.8, 4) is 61.9 Å². The van der Waals surface area contributed by atoms with Gasteiger partial charge in [0.15, 0.2) is 11.5 Å². The summed E-state index contributed by atoms with van der Waals surface area (Å²) in [7, 11) is 3.93. The maximum absolute atomic E-state index is 14.3. The first-order valence-electron chi connectivity index (χ1n) is 35.7. The number of hydrogen-bond donors (Lipinski definition) is 3. The lowest BCUT2D eigenvalue weighted by Gasteiger charge is -2.22. The Balaban J connectivity index is 0.000000140. The van der Waals surface area contributed by atoms with Crippen LogP contribution in [0.1, 0.15) is 73.5 Å². The average Bonchev–Trinajstić information content (AvgIpc) is 0.838. The molecule has 8 aromatic heterocycles. The Kier molecular flexibility index (Phi) is 21.2. The van der Waals surface area contributed by atoms with Gasteiger partial charge in [-0.25, -0.2) is 33.9 Å². The minimum atomic E-state index is -0.474. The predicted octanol–water partition coefficient (Wildman–Crippen LogP) is 18.2. The summed E-state index contributed by atoms with van der Waals surface area (Å²) in [5.74, 6) is 3.79. The number of anilines is 4. The highest BCUT2D eigenvalue weighted by atomic mass is 19.1. The number of ether oxygens (including phenoxy) is 2. The van der Waals surface area contributed by atoms with E-state index in [2.05, 4.69) is 70.4 Å². The topological polar surface area (TPSA) is 240 Å². The third kappa shape index (κ3) is 15.2. The number of aryl methyl sites for hydroxylation is 3. The molecular formula is C88H71FN18O5. The minimum Gasteiger partial charge on any atom is -0.454 e. The molecule has 3 atom stereocenters. The van der Waals surface area contributed by atoms with Gasteiger partial charge in [0.1, 0.15) is 40.7 Å². The highest BCUT2D eigenvalue weighted by Gasteiger charge is 2.26. The van der Waals surface area contributed by atoms with Gasteiger partial charge in [0.05, 0.1) is 72.1 Å². The standard InChI is InChI=1S/C30H27N7O.C30H23N5O3.C28H21FN6O/c1-19(34-29-26(31-3)18-33-20(2)35-29)27-15-21-10-9-13-25(22-14-24(36(4)5)17-32-16-22)28(21)30(38)37(27)23-11-7-6-8-12-23;1-18(33-29-24(31-3)16-32-19(2)34-29)25-14-21-8-7-11-23(20-12-13-26-27(15-20)38-17-37-26)28(21)30(36)35(25)22-9-5-4-6-10-22;1-17(33-27-24(30-3)16-32-18(2)34-27)25-13-19-8-7-11-23(20-12-21(29)15-31-14-20)26(19)28(36)35(25)22-9-5-4-6-10-22/h6-19H,1-2,4-5H3,(H,33,34,35);4-16,18H,17H2,1-2H3,(H,32,33,34);4-17H,1-2H3,(H,32,33,34)/t19-;18-;17-/m000/s1. The summed E-state index contributed by atoms with van der Waals surface area (Å²) in [4.78, 5) is 89.4. The summed E-state index contributed by atoms with van der Waals surface area (Å²) in [5.41, 5.74) is 10.2. The van der Waals surface area contributed by atoms with Crippen molar-refractivity contribution >= 4 is 72.5 Å². The van der Waals surface area contributed by atoms with Crippen molar-refractivity contribution in [3.05, 3.63) is 343 Å². The number of para-hydroxylation sites is 3. The van der Waals surface area contributed by atoms with Crippen LogP contribution in [0.5, 0.6) is 11.5 Å². The molecule has 0 amide bonds. The Labute approximate surface area is 643 Å². The molecule has 550 valence electrons. The molecule has 0 saturated heterocycles. The molecule has 16 rings (SSSR count). The van der Waals surface area contributed by atoms with Crippen molar-refractivity contribution in [3.63, 3.8) is 0 Å². The lowest BCUT2D eigenvalue weighted by atomic mass is 9.97. The smallest absolute Gasteiger partial charge is 0.263 e. The molecule has 0 fully saturated rings. The van der Waals surface area contributed by atoms with Crippen LogP contribution in [0.3, 0.4) is 0 Å². The van der Waals surface area contributed by atoms with Crippen LogP contribution in [0.15, 0.2) is 252 Å². The molecule has 9 heterocycles. The van der Waals surface area contributed by atoms with Crippen LogP contribution in [-0.2, 0) is 0 Å². The fourth-order valence-corrected chi connectivity index (χ4v) is 13.6. The third-order valence-corrected chi connectivity index (χ3v) is 18.9. The van der Waals surface area contributed by atoms with Gasteiger partial charge in [0, 0.05) is 90.4 Å². The fourth-order valence-electron chi connectivity index (χ4n) is 13.6. The quantitative estimate of drug-likeness (QED) is 0.0762. The first kappa shape index (κ1) is 73.8. The van der Waals surface area contributed by atoms with Crippen LogP contribution >= 0.6 is 0 Å². The van der Waals surface area contributed by atoms with E-state index in [1.165, 1.54) is 24.7 Å². The molecule has 112 heavy (non-hydrogen) atoms. The molecule has 0 unspecified atom stereocenters. The fraction of sp³-hybridized carbons (Fsp3) is 0.136. The van der Waals surface area contributed by atoms with Gasteiger partial charge >= 0.3 is 0 Å². The van der Waals surface area contributed by atoms with Crippen LogP contribution < -0.4 is 47.0 Å². The molecule has 0 spiro atoms. The summed E-state index contributed by atoms with van der Waals surface area (Å²) in [5, 5.41) is 14.0. The molecule has 7 aromatic carbocycles. The molecule has 0 aliphatic carbocycles. The van der Waals surface area contributed by atoms with E-state index in [9.17, 15) is 18.8 Å². The first-order valence-corrected chi connectivity index (χ1v) is 35.7. The number of aromatic nitrogens is 11. The van der Waals surface area contributed by atoms with Gasteiger partial charge in [0.25, 0.3) is 16.7 Å². The molecule has 24 heteroatoms. The second kappa shape index (κ2) is 32.2. The lowest BCUT2D eigenvalue weighted by Crippen LogP contribution is -2.26. The Morgan fingerprint density at radius 2 is 0.786 bits per heavy atom. The van der Waals surface area contributed by atoms with Crippen LogP contribution in [0.2, 0.25) is 0 Å². The number of hydrogen-bond acceptors (Lipinski definition) is 17. The Morgan fingerprint density at radius 3 is 1.16 bits per heavy atom. The van der Waals surface area contributed by atoms with E-state index in [1.807, 2.05) is 222 Å². The van der Waals surface area contributed by atoms with Crippen LogP contribution in [0, 0.1) is 46.3 Å². The zero-order chi connectivity index (χ0) is 78.3. The number of nitrogens with one attached hydrogen (secondary N) is 3. The predicted molar refractivity (Wildman–Crippen MR) is 436 cm³/mol. The van der Waals surface area contributed by atoms with E-state index in [4.69, 9.17) is 29.2 Å². The van der Waals surface area contributed by atoms with Crippen molar-refractivity contribution in [1.82, 2.24) is 53.6 Å². The minimum absolute atomic E-state index is 0.132. The summed E-state index contributed by atoms with van der Waals surface area (Å²) in [6.07, 6.45) is 10.8. The van der Waals surface area contributed by atoms with Gasteiger partial charge in [-0.15, -0.1) is 0 Å². The highest BCUT2D eigenvalue weighted by Crippen LogP contribution is 2.40. The van der Waals surface area contributed by atoms with E-state index in [0.717, 1.165) is 67.7 Å². The van der Waals surface area contributed by atoms with Gasteiger partial charge in [-0.3, -0.25) is 53.0 Å². The first-order chi connectivity index (χ1) is 54.4. The maximum Gasteiger partial charge on any atom is 0.263 e. The number of rotatable bonds is 16.